The van der Waals surface area contributed by atoms with Crippen molar-refractivity contribution in [2.75, 3.05) is 31.1 Å². The number of hydrogen-bond acceptors (Lipinski definition) is 4. The second kappa shape index (κ2) is 5.26. The minimum atomic E-state index is -2.94. The molecule has 0 aromatic heterocycles. The van der Waals surface area contributed by atoms with Gasteiger partial charge in [-0.15, -0.1) is 0 Å². The van der Waals surface area contributed by atoms with E-state index in [0.29, 0.717) is 25.9 Å². The lowest BCUT2D eigenvalue weighted by Gasteiger charge is -2.33. The zero-order valence-corrected chi connectivity index (χ0v) is 13.0. The molecule has 1 unspecified atom stereocenters. The first-order chi connectivity index (χ1) is 9.92. The Bertz CT molecular complexity index is 545. The summed E-state index contributed by atoms with van der Waals surface area (Å²) in [4.78, 5) is 26.4. The summed E-state index contributed by atoms with van der Waals surface area (Å²) < 4.78 is 22.9. The van der Waals surface area contributed by atoms with E-state index in [1.165, 1.54) is 0 Å². The number of nitrogens with zero attached hydrogens (tertiary/aromatic N) is 1. The Labute approximate surface area is 125 Å². The second-order valence-corrected chi connectivity index (χ2v) is 8.88. The maximum atomic E-state index is 12.5. The summed E-state index contributed by atoms with van der Waals surface area (Å²) in [6, 6.07) is 0. The van der Waals surface area contributed by atoms with Gasteiger partial charge in [0.25, 0.3) is 0 Å². The van der Waals surface area contributed by atoms with Crippen molar-refractivity contribution in [2.24, 2.45) is 11.3 Å². The van der Waals surface area contributed by atoms with Gasteiger partial charge in [-0.2, -0.15) is 0 Å². The lowest BCUT2D eigenvalue weighted by molar-refractivity contribution is -0.137. The van der Waals surface area contributed by atoms with E-state index in [1.807, 2.05) is 0 Å². The summed E-state index contributed by atoms with van der Waals surface area (Å²) in [5.41, 5.74) is -0.394. The predicted molar refractivity (Wildman–Crippen MR) is 77.3 cm³/mol. The highest BCUT2D eigenvalue weighted by Gasteiger charge is 2.47. The number of nitrogens with one attached hydrogen (secondary N) is 1. The van der Waals surface area contributed by atoms with Crippen LogP contribution in [0, 0.1) is 11.3 Å². The van der Waals surface area contributed by atoms with E-state index >= 15 is 0 Å². The normalized spacial score (nSPS) is 33.1. The van der Waals surface area contributed by atoms with Crippen LogP contribution in [0.2, 0.25) is 0 Å². The Balaban J connectivity index is 1.63. The van der Waals surface area contributed by atoms with Gasteiger partial charge in [0, 0.05) is 25.6 Å². The molecule has 3 fully saturated rings. The van der Waals surface area contributed by atoms with Crippen LogP contribution in [-0.2, 0) is 19.4 Å². The summed E-state index contributed by atoms with van der Waals surface area (Å²) >= 11 is 0. The molecule has 0 aliphatic carbocycles. The molecule has 0 aromatic rings. The summed E-state index contributed by atoms with van der Waals surface area (Å²) in [6.45, 7) is 1.85. The second-order valence-electron chi connectivity index (χ2n) is 6.58. The van der Waals surface area contributed by atoms with Crippen LogP contribution >= 0.6 is 0 Å². The number of carbonyl (C=O) groups excluding carboxylic acids is 2. The molecule has 1 N–H and O–H groups in total. The quantitative estimate of drug-likeness (QED) is 0.735. The molecule has 2 amide bonds. The minimum Gasteiger partial charge on any atom is -0.356 e. The van der Waals surface area contributed by atoms with Crippen LogP contribution in [0.5, 0.6) is 0 Å². The number of sulfone groups is 1. The van der Waals surface area contributed by atoms with Gasteiger partial charge in [-0.25, -0.2) is 8.42 Å². The van der Waals surface area contributed by atoms with Gasteiger partial charge in [0.15, 0.2) is 0 Å². The van der Waals surface area contributed by atoms with Crippen molar-refractivity contribution >= 4 is 21.7 Å². The molecular weight excluding hydrogens is 292 g/mol. The molecule has 7 heteroatoms. The third-order valence-corrected chi connectivity index (χ3v) is 6.88. The number of hydrogen-bond donors (Lipinski definition) is 1. The topological polar surface area (TPSA) is 83.6 Å². The number of likely N-dealkylation sites (tertiary alicyclic amines) is 1. The fourth-order valence-corrected chi connectivity index (χ4v) is 5.27. The first kappa shape index (κ1) is 14.8. The van der Waals surface area contributed by atoms with E-state index in [4.69, 9.17) is 0 Å². The molecule has 6 nitrogen and oxygen atoms in total. The number of rotatable bonds is 1. The molecule has 0 saturated carbocycles. The summed E-state index contributed by atoms with van der Waals surface area (Å²) in [5.74, 6) is 0.164. The van der Waals surface area contributed by atoms with Crippen molar-refractivity contribution in [2.45, 2.75) is 32.1 Å². The van der Waals surface area contributed by atoms with E-state index in [0.717, 1.165) is 25.8 Å². The number of amides is 2. The van der Waals surface area contributed by atoms with Crippen LogP contribution in [0.3, 0.4) is 0 Å². The van der Waals surface area contributed by atoms with Crippen LogP contribution in [0.1, 0.15) is 32.1 Å². The molecule has 3 aliphatic heterocycles. The molecule has 0 bridgehead atoms. The number of carbonyl (C=O) groups is 2. The maximum absolute atomic E-state index is 12.5. The first-order valence-electron chi connectivity index (χ1n) is 7.69. The summed E-state index contributed by atoms with van der Waals surface area (Å²) in [7, 11) is -2.94. The molecule has 1 spiro atoms. The minimum absolute atomic E-state index is 0.0418. The standard InChI is InChI=1S/C14H22N2O4S/c17-12(11-2-8-21(19,20)9-3-11)16-7-5-14(10-16)4-1-6-15-13(14)18/h11H,1-10H2,(H,15,18). The molecule has 1 atom stereocenters. The largest absolute Gasteiger partial charge is 0.356 e. The van der Waals surface area contributed by atoms with Crippen molar-refractivity contribution in [1.29, 1.82) is 0 Å². The van der Waals surface area contributed by atoms with Crippen LogP contribution in [-0.4, -0.2) is 56.3 Å². The van der Waals surface area contributed by atoms with E-state index in [1.54, 1.807) is 4.90 Å². The zero-order valence-electron chi connectivity index (χ0n) is 12.1. The van der Waals surface area contributed by atoms with Crippen LogP contribution < -0.4 is 5.32 Å². The van der Waals surface area contributed by atoms with Crippen LogP contribution in [0.4, 0.5) is 0 Å². The predicted octanol–water partition coefficient (Wildman–Crippen LogP) is -0.0601. The molecule has 0 radical (unpaired) electrons. The maximum Gasteiger partial charge on any atom is 0.228 e. The Morgan fingerprint density at radius 3 is 2.62 bits per heavy atom. The van der Waals surface area contributed by atoms with Crippen LogP contribution in [0.25, 0.3) is 0 Å². The lowest BCUT2D eigenvalue weighted by atomic mass is 9.79. The van der Waals surface area contributed by atoms with Crippen molar-refractivity contribution in [3.8, 4) is 0 Å². The third kappa shape index (κ3) is 2.80. The van der Waals surface area contributed by atoms with Crippen molar-refractivity contribution in [1.82, 2.24) is 10.2 Å². The molecule has 21 heavy (non-hydrogen) atoms. The Kier molecular flexibility index (Phi) is 3.71. The van der Waals surface area contributed by atoms with Crippen molar-refractivity contribution in [3.05, 3.63) is 0 Å². The Hall–Kier alpha value is -1.11. The summed E-state index contributed by atoms with van der Waals surface area (Å²) in [6.07, 6.45) is 3.40. The monoisotopic (exact) mass is 314 g/mol. The van der Waals surface area contributed by atoms with E-state index in [9.17, 15) is 18.0 Å². The fourth-order valence-electron chi connectivity index (χ4n) is 3.77. The zero-order chi connectivity index (χ0) is 15.1. The lowest BCUT2D eigenvalue weighted by Crippen LogP contribution is -2.48. The highest BCUT2D eigenvalue weighted by atomic mass is 32.2. The van der Waals surface area contributed by atoms with Crippen molar-refractivity contribution < 1.29 is 18.0 Å². The molecule has 0 aromatic carbocycles. The molecular formula is C14H22N2O4S. The van der Waals surface area contributed by atoms with Gasteiger partial charge in [-0.05, 0) is 32.1 Å². The van der Waals surface area contributed by atoms with E-state index in [2.05, 4.69) is 5.32 Å². The van der Waals surface area contributed by atoms with Gasteiger partial charge in [0.2, 0.25) is 11.8 Å². The smallest absolute Gasteiger partial charge is 0.228 e. The van der Waals surface area contributed by atoms with Gasteiger partial charge in [-0.1, -0.05) is 0 Å². The third-order valence-electron chi connectivity index (χ3n) is 5.17. The molecule has 3 saturated heterocycles. The highest BCUT2D eigenvalue weighted by molar-refractivity contribution is 7.91. The van der Waals surface area contributed by atoms with E-state index in [-0.39, 0.29) is 29.2 Å². The molecule has 3 aliphatic rings. The average Bonchev–Trinajstić information content (AvgIpc) is 2.87. The van der Waals surface area contributed by atoms with E-state index < -0.39 is 15.3 Å². The molecule has 3 rings (SSSR count). The van der Waals surface area contributed by atoms with Gasteiger partial charge in [0.05, 0.1) is 16.9 Å². The van der Waals surface area contributed by atoms with Crippen LogP contribution in [0.15, 0.2) is 0 Å². The van der Waals surface area contributed by atoms with Gasteiger partial charge < -0.3 is 10.2 Å². The van der Waals surface area contributed by atoms with Gasteiger partial charge >= 0.3 is 0 Å². The molecule has 3 heterocycles. The van der Waals surface area contributed by atoms with Gasteiger partial charge in [-0.3, -0.25) is 9.59 Å². The Morgan fingerprint density at radius 1 is 1.24 bits per heavy atom. The van der Waals surface area contributed by atoms with Gasteiger partial charge in [0.1, 0.15) is 9.84 Å². The molecule has 118 valence electrons. The first-order valence-corrected chi connectivity index (χ1v) is 9.52. The fraction of sp³-hybridized carbons (Fsp3) is 0.857. The summed E-state index contributed by atoms with van der Waals surface area (Å²) in [5, 5.41) is 2.91. The SMILES string of the molecule is O=C(C1CCS(=O)(=O)CC1)N1CCC2(CCCNC2=O)C1. The average molecular weight is 314 g/mol. The highest BCUT2D eigenvalue weighted by Crippen LogP contribution is 2.38. The Morgan fingerprint density at radius 2 is 1.95 bits per heavy atom. The van der Waals surface area contributed by atoms with Crippen molar-refractivity contribution in [3.63, 3.8) is 0 Å². The number of piperidine rings is 1.